The Morgan fingerprint density at radius 3 is 2.50 bits per heavy atom. The lowest BCUT2D eigenvalue weighted by molar-refractivity contribution is -0.106. The minimum atomic E-state index is -0.422. The fourth-order valence-electron chi connectivity index (χ4n) is 0.572. The predicted molar refractivity (Wildman–Crippen MR) is 53.9 cm³/mol. The SMILES string of the molecule is CNC(=O)NC(/C=C\N(C)C)=NC=O. The van der Waals surface area contributed by atoms with E-state index in [4.69, 9.17) is 0 Å². The summed E-state index contributed by atoms with van der Waals surface area (Å²) in [4.78, 5) is 26.2. The van der Waals surface area contributed by atoms with Gasteiger partial charge in [-0.3, -0.25) is 10.1 Å². The molecule has 0 atom stereocenters. The molecule has 2 N–H and O–H groups in total. The lowest BCUT2D eigenvalue weighted by Crippen LogP contribution is -2.36. The van der Waals surface area contributed by atoms with Gasteiger partial charge in [-0.1, -0.05) is 0 Å². The third-order valence-corrected chi connectivity index (χ3v) is 1.19. The number of carbonyl (C=O) groups excluding carboxylic acids is 2. The van der Waals surface area contributed by atoms with Gasteiger partial charge in [-0.15, -0.1) is 0 Å². The number of amidine groups is 1. The molecule has 0 bridgehead atoms. The van der Waals surface area contributed by atoms with Gasteiger partial charge in [0.05, 0.1) is 0 Å². The molecular formula is C8H14N4O2. The van der Waals surface area contributed by atoms with E-state index in [1.807, 2.05) is 14.1 Å². The first-order chi connectivity index (χ1) is 6.60. The number of carbonyl (C=O) groups is 2. The van der Waals surface area contributed by atoms with E-state index in [-0.39, 0.29) is 5.84 Å². The number of amides is 3. The lowest BCUT2D eigenvalue weighted by atomic mass is 10.5. The minimum absolute atomic E-state index is 0.188. The zero-order valence-electron chi connectivity index (χ0n) is 8.44. The summed E-state index contributed by atoms with van der Waals surface area (Å²) < 4.78 is 0. The van der Waals surface area contributed by atoms with E-state index in [2.05, 4.69) is 15.6 Å². The third kappa shape index (κ3) is 5.76. The fourth-order valence-corrected chi connectivity index (χ4v) is 0.572. The Kier molecular flexibility index (Phi) is 5.77. The molecule has 6 heteroatoms. The number of rotatable bonds is 3. The molecule has 0 rings (SSSR count). The maximum atomic E-state index is 10.9. The molecule has 0 unspecified atom stereocenters. The predicted octanol–water partition coefficient (Wildman–Crippen LogP) is -0.454. The van der Waals surface area contributed by atoms with Crippen molar-refractivity contribution < 1.29 is 9.59 Å². The van der Waals surface area contributed by atoms with Crippen molar-refractivity contribution in [1.82, 2.24) is 15.5 Å². The second-order valence-electron chi connectivity index (χ2n) is 2.60. The van der Waals surface area contributed by atoms with E-state index in [0.717, 1.165) is 0 Å². The van der Waals surface area contributed by atoms with Crippen LogP contribution in [0.4, 0.5) is 4.79 Å². The summed E-state index contributed by atoms with van der Waals surface area (Å²) in [6.07, 6.45) is 3.55. The van der Waals surface area contributed by atoms with Crippen molar-refractivity contribution in [3.05, 3.63) is 12.3 Å². The van der Waals surface area contributed by atoms with Crippen LogP contribution in [0, 0.1) is 0 Å². The molecule has 0 aliphatic heterocycles. The van der Waals surface area contributed by atoms with E-state index >= 15 is 0 Å². The molecule has 0 aromatic rings. The maximum Gasteiger partial charge on any atom is 0.320 e. The first-order valence-corrected chi connectivity index (χ1v) is 3.95. The van der Waals surface area contributed by atoms with Gasteiger partial charge in [0.15, 0.2) is 0 Å². The largest absolute Gasteiger partial charge is 0.383 e. The van der Waals surface area contributed by atoms with Crippen molar-refractivity contribution in [1.29, 1.82) is 0 Å². The summed E-state index contributed by atoms with van der Waals surface area (Å²) in [5.41, 5.74) is 0. The number of nitrogens with zero attached hydrogens (tertiary/aromatic N) is 2. The molecule has 0 aliphatic rings. The topological polar surface area (TPSA) is 73.8 Å². The fraction of sp³-hybridized carbons (Fsp3) is 0.375. The van der Waals surface area contributed by atoms with Gasteiger partial charge in [0.1, 0.15) is 5.84 Å². The van der Waals surface area contributed by atoms with E-state index in [9.17, 15) is 9.59 Å². The summed E-state index contributed by atoms with van der Waals surface area (Å²) in [7, 11) is 5.10. The molecule has 6 nitrogen and oxygen atoms in total. The zero-order valence-corrected chi connectivity index (χ0v) is 8.44. The van der Waals surface area contributed by atoms with Crippen LogP contribution in [-0.2, 0) is 4.79 Å². The molecule has 0 aromatic carbocycles. The number of hydrogen-bond acceptors (Lipinski definition) is 3. The Labute approximate surface area is 82.7 Å². The summed E-state index contributed by atoms with van der Waals surface area (Å²) in [5, 5.41) is 4.73. The van der Waals surface area contributed by atoms with Gasteiger partial charge in [-0.25, -0.2) is 4.79 Å². The molecular weight excluding hydrogens is 184 g/mol. The Balaban J connectivity index is 4.38. The van der Waals surface area contributed by atoms with Gasteiger partial charge >= 0.3 is 6.03 Å². The van der Waals surface area contributed by atoms with E-state index < -0.39 is 6.03 Å². The second kappa shape index (κ2) is 6.64. The minimum Gasteiger partial charge on any atom is -0.383 e. The van der Waals surface area contributed by atoms with Crippen LogP contribution in [0.15, 0.2) is 17.3 Å². The molecule has 0 spiro atoms. The van der Waals surface area contributed by atoms with Crippen LogP contribution < -0.4 is 10.6 Å². The number of aliphatic imine (C=N–C) groups is 1. The van der Waals surface area contributed by atoms with Crippen molar-refractivity contribution in [3.63, 3.8) is 0 Å². The van der Waals surface area contributed by atoms with Crippen LogP contribution in [0.25, 0.3) is 0 Å². The van der Waals surface area contributed by atoms with Crippen LogP contribution >= 0.6 is 0 Å². The molecule has 0 fully saturated rings. The Morgan fingerprint density at radius 2 is 2.07 bits per heavy atom. The molecule has 78 valence electrons. The molecule has 0 radical (unpaired) electrons. The highest BCUT2D eigenvalue weighted by atomic mass is 16.2. The quantitative estimate of drug-likeness (QED) is 0.366. The van der Waals surface area contributed by atoms with Crippen molar-refractivity contribution in [2.75, 3.05) is 21.1 Å². The van der Waals surface area contributed by atoms with Crippen molar-refractivity contribution in [3.8, 4) is 0 Å². The first-order valence-electron chi connectivity index (χ1n) is 3.95. The molecule has 0 heterocycles. The standard InChI is InChI=1S/C8H14N4O2/c1-9-8(14)11-7(10-6-13)4-5-12(2)3/h4-6H,1-3H3,(H2,9,10,11,13,14)/b5-4-. The van der Waals surface area contributed by atoms with Crippen LogP contribution in [-0.4, -0.2) is 44.3 Å². The van der Waals surface area contributed by atoms with Crippen LogP contribution in [0.1, 0.15) is 0 Å². The Morgan fingerprint density at radius 1 is 1.43 bits per heavy atom. The van der Waals surface area contributed by atoms with Gasteiger partial charge in [-0.2, -0.15) is 4.99 Å². The average Bonchev–Trinajstić information content (AvgIpc) is 2.14. The highest BCUT2D eigenvalue weighted by Gasteiger charge is 1.99. The van der Waals surface area contributed by atoms with E-state index in [1.165, 1.54) is 13.1 Å². The number of nitrogens with one attached hydrogen (secondary N) is 2. The lowest BCUT2D eigenvalue weighted by Gasteiger charge is -2.05. The summed E-state index contributed by atoms with van der Waals surface area (Å²) >= 11 is 0. The van der Waals surface area contributed by atoms with Gasteiger partial charge in [0, 0.05) is 27.3 Å². The molecule has 0 saturated heterocycles. The zero-order chi connectivity index (χ0) is 11.0. The van der Waals surface area contributed by atoms with Crippen molar-refractivity contribution in [2.24, 2.45) is 4.99 Å². The summed E-state index contributed by atoms with van der Waals surface area (Å²) in [6.45, 7) is 0. The highest BCUT2D eigenvalue weighted by molar-refractivity contribution is 6.05. The Hall–Kier alpha value is -1.85. The first kappa shape index (κ1) is 12.2. The Bertz CT molecular complexity index is 258. The van der Waals surface area contributed by atoms with Gasteiger partial charge in [0.25, 0.3) is 0 Å². The molecule has 14 heavy (non-hydrogen) atoms. The normalized spacial score (nSPS) is 11.2. The molecule has 0 aromatic heterocycles. The van der Waals surface area contributed by atoms with Gasteiger partial charge in [-0.05, 0) is 6.08 Å². The molecule has 0 saturated carbocycles. The van der Waals surface area contributed by atoms with Crippen molar-refractivity contribution in [2.45, 2.75) is 0 Å². The average molecular weight is 198 g/mol. The molecule has 0 aliphatic carbocycles. The molecule has 3 amide bonds. The van der Waals surface area contributed by atoms with E-state index in [0.29, 0.717) is 6.41 Å². The van der Waals surface area contributed by atoms with Crippen LogP contribution in [0.2, 0.25) is 0 Å². The summed E-state index contributed by atoms with van der Waals surface area (Å²) in [6, 6.07) is -0.422. The monoisotopic (exact) mass is 198 g/mol. The summed E-state index contributed by atoms with van der Waals surface area (Å²) in [5.74, 6) is 0.188. The van der Waals surface area contributed by atoms with Crippen molar-refractivity contribution >= 4 is 18.3 Å². The van der Waals surface area contributed by atoms with Gasteiger partial charge in [0.2, 0.25) is 6.41 Å². The number of urea groups is 1. The van der Waals surface area contributed by atoms with Gasteiger partial charge < -0.3 is 10.2 Å². The third-order valence-electron chi connectivity index (χ3n) is 1.19. The smallest absolute Gasteiger partial charge is 0.320 e. The maximum absolute atomic E-state index is 10.9. The highest BCUT2D eigenvalue weighted by Crippen LogP contribution is 1.81. The van der Waals surface area contributed by atoms with Crippen LogP contribution in [0.5, 0.6) is 0 Å². The van der Waals surface area contributed by atoms with E-state index in [1.54, 1.807) is 11.1 Å². The van der Waals surface area contributed by atoms with Crippen LogP contribution in [0.3, 0.4) is 0 Å². The second-order valence-corrected chi connectivity index (χ2v) is 2.60. The number of hydrogen-bond donors (Lipinski definition) is 2.